The summed E-state index contributed by atoms with van der Waals surface area (Å²) in [4.78, 5) is 15.0. The molecule has 0 aliphatic rings. The van der Waals surface area contributed by atoms with Crippen LogP contribution < -0.4 is 5.32 Å². The van der Waals surface area contributed by atoms with Gasteiger partial charge in [-0.2, -0.15) is 0 Å². The fourth-order valence-corrected chi connectivity index (χ4v) is 0.763. The summed E-state index contributed by atoms with van der Waals surface area (Å²) in [5.74, 6) is 0.330. The molecule has 0 aliphatic heterocycles. The summed E-state index contributed by atoms with van der Waals surface area (Å²) in [5, 5.41) is 2.46. The number of hydrogen-bond acceptors (Lipinski definition) is 3. The molecule has 0 bridgehead atoms. The Hall–Kier alpha value is -1.58. The van der Waals surface area contributed by atoms with Crippen LogP contribution in [0.4, 0.5) is 4.79 Å². The molecule has 84 valence electrons. The lowest BCUT2D eigenvalue weighted by molar-refractivity contribution is 0.0545. The van der Waals surface area contributed by atoms with E-state index in [9.17, 15) is 4.79 Å². The first kappa shape index (κ1) is 13.4. The molecule has 0 saturated carbocycles. The number of aliphatic imine (C=N–C) groups is 1. The van der Waals surface area contributed by atoms with Crippen molar-refractivity contribution in [2.24, 2.45) is 4.99 Å². The van der Waals surface area contributed by atoms with Crippen molar-refractivity contribution in [2.45, 2.75) is 33.3 Å². The number of nitrogens with one attached hydrogen (secondary N) is 1. The minimum atomic E-state index is -0.553. The summed E-state index contributed by atoms with van der Waals surface area (Å²) in [5.41, 5.74) is 0.244. The van der Waals surface area contributed by atoms with Crippen LogP contribution in [0, 0.1) is 0 Å². The number of hydrogen-bond donors (Lipinski definition) is 1. The Kier molecular flexibility index (Phi) is 4.78. The van der Waals surface area contributed by atoms with Crippen LogP contribution in [-0.2, 0) is 4.74 Å². The standard InChI is InChI=1S/C11H18N2O2/c1-8(2)7-9(12-6)13-10(14)15-11(3,4)5/h7H,1,6H2,2-5H3,(H,13,14)/b9-7+. The molecule has 15 heavy (non-hydrogen) atoms. The second-order valence-electron chi connectivity index (χ2n) is 4.16. The zero-order valence-corrected chi connectivity index (χ0v) is 9.76. The van der Waals surface area contributed by atoms with Crippen LogP contribution in [0.25, 0.3) is 0 Å². The van der Waals surface area contributed by atoms with E-state index >= 15 is 0 Å². The summed E-state index contributed by atoms with van der Waals surface area (Å²) in [6.45, 7) is 14.2. The van der Waals surface area contributed by atoms with Crippen LogP contribution in [0.3, 0.4) is 0 Å². The average Bonchev–Trinajstić information content (AvgIpc) is 1.98. The number of carbonyl (C=O) groups excluding carboxylic acids is 1. The van der Waals surface area contributed by atoms with Gasteiger partial charge in [0.2, 0.25) is 0 Å². The minimum Gasteiger partial charge on any atom is -0.444 e. The van der Waals surface area contributed by atoms with E-state index in [4.69, 9.17) is 4.74 Å². The molecule has 0 heterocycles. The van der Waals surface area contributed by atoms with Gasteiger partial charge in [-0.1, -0.05) is 12.2 Å². The van der Waals surface area contributed by atoms with Gasteiger partial charge in [0.1, 0.15) is 11.4 Å². The lowest BCUT2D eigenvalue weighted by Gasteiger charge is -2.19. The third kappa shape index (κ3) is 7.49. The lowest BCUT2D eigenvalue weighted by atomic mass is 10.2. The molecule has 1 N–H and O–H groups in total. The fourth-order valence-electron chi connectivity index (χ4n) is 0.763. The van der Waals surface area contributed by atoms with Crippen molar-refractivity contribution >= 4 is 12.8 Å². The number of allylic oxidation sites excluding steroid dienone is 2. The van der Waals surface area contributed by atoms with E-state index in [1.54, 1.807) is 33.8 Å². The number of ether oxygens (including phenoxy) is 1. The van der Waals surface area contributed by atoms with Gasteiger partial charge in [-0.25, -0.2) is 9.79 Å². The monoisotopic (exact) mass is 210 g/mol. The molecule has 0 fully saturated rings. The van der Waals surface area contributed by atoms with Gasteiger partial charge in [0.05, 0.1) is 0 Å². The van der Waals surface area contributed by atoms with Crippen LogP contribution in [0.15, 0.2) is 29.0 Å². The number of rotatable bonds is 3. The number of alkyl carbamates (subject to hydrolysis) is 1. The highest BCUT2D eigenvalue weighted by Gasteiger charge is 2.16. The molecule has 0 aromatic rings. The van der Waals surface area contributed by atoms with Crippen molar-refractivity contribution in [2.75, 3.05) is 0 Å². The van der Waals surface area contributed by atoms with E-state index in [1.165, 1.54) is 0 Å². The maximum atomic E-state index is 11.3. The quantitative estimate of drug-likeness (QED) is 0.575. The molecular weight excluding hydrogens is 192 g/mol. The summed E-state index contributed by atoms with van der Waals surface area (Å²) in [6, 6.07) is 0. The Morgan fingerprint density at radius 2 is 2.00 bits per heavy atom. The summed E-state index contributed by atoms with van der Waals surface area (Å²) in [6.07, 6.45) is 1.05. The highest BCUT2D eigenvalue weighted by atomic mass is 16.6. The second kappa shape index (κ2) is 5.34. The predicted octanol–water partition coefficient (Wildman–Crippen LogP) is 2.63. The highest BCUT2D eigenvalue weighted by Crippen LogP contribution is 2.07. The van der Waals surface area contributed by atoms with E-state index in [0.29, 0.717) is 5.82 Å². The van der Waals surface area contributed by atoms with Crippen LogP contribution in [0.2, 0.25) is 0 Å². The molecule has 0 rings (SSSR count). The molecule has 0 radical (unpaired) electrons. The Bertz CT molecular complexity index is 298. The largest absolute Gasteiger partial charge is 0.444 e. The molecule has 0 saturated heterocycles. The first-order chi connectivity index (χ1) is 6.74. The molecule has 0 unspecified atom stereocenters. The van der Waals surface area contributed by atoms with Gasteiger partial charge in [0.15, 0.2) is 0 Å². The van der Waals surface area contributed by atoms with E-state index < -0.39 is 11.7 Å². The first-order valence-electron chi connectivity index (χ1n) is 4.58. The van der Waals surface area contributed by atoms with Gasteiger partial charge in [-0.3, -0.25) is 5.32 Å². The van der Waals surface area contributed by atoms with Crippen molar-refractivity contribution in [1.29, 1.82) is 0 Å². The molecule has 4 nitrogen and oxygen atoms in total. The average molecular weight is 210 g/mol. The normalized spacial score (nSPS) is 11.9. The number of carbonyl (C=O) groups is 1. The van der Waals surface area contributed by atoms with E-state index in [-0.39, 0.29) is 0 Å². The summed E-state index contributed by atoms with van der Waals surface area (Å²) in [7, 11) is 0. The molecule has 0 aromatic heterocycles. The van der Waals surface area contributed by atoms with Gasteiger partial charge in [-0.05, 0) is 40.5 Å². The number of nitrogens with zero attached hydrogens (tertiary/aromatic N) is 1. The Morgan fingerprint density at radius 3 is 2.33 bits per heavy atom. The van der Waals surface area contributed by atoms with Crippen molar-refractivity contribution < 1.29 is 9.53 Å². The van der Waals surface area contributed by atoms with Crippen LogP contribution in [0.1, 0.15) is 27.7 Å². The second-order valence-corrected chi connectivity index (χ2v) is 4.16. The predicted molar refractivity (Wildman–Crippen MR) is 61.8 cm³/mol. The molecule has 0 aromatic carbocycles. The van der Waals surface area contributed by atoms with Crippen molar-refractivity contribution in [3.63, 3.8) is 0 Å². The van der Waals surface area contributed by atoms with E-state index in [1.807, 2.05) is 0 Å². The van der Waals surface area contributed by atoms with Crippen LogP contribution >= 0.6 is 0 Å². The topological polar surface area (TPSA) is 50.7 Å². The Balaban J connectivity index is 4.39. The fraction of sp³-hybridized carbons (Fsp3) is 0.455. The third-order valence-electron chi connectivity index (χ3n) is 1.18. The van der Waals surface area contributed by atoms with Gasteiger partial charge in [0.25, 0.3) is 0 Å². The molecule has 4 heteroatoms. The molecule has 0 spiro atoms. The van der Waals surface area contributed by atoms with Crippen molar-refractivity contribution in [3.05, 3.63) is 24.0 Å². The minimum absolute atomic E-state index is 0.330. The zero-order chi connectivity index (χ0) is 12.1. The van der Waals surface area contributed by atoms with Gasteiger partial charge in [0, 0.05) is 0 Å². The zero-order valence-electron chi connectivity index (χ0n) is 9.76. The molecule has 0 atom stereocenters. The highest BCUT2D eigenvalue weighted by molar-refractivity contribution is 5.70. The number of amides is 1. The van der Waals surface area contributed by atoms with Crippen LogP contribution in [0.5, 0.6) is 0 Å². The smallest absolute Gasteiger partial charge is 0.413 e. The van der Waals surface area contributed by atoms with Crippen LogP contribution in [-0.4, -0.2) is 18.4 Å². The molecule has 0 aliphatic carbocycles. The van der Waals surface area contributed by atoms with Gasteiger partial charge < -0.3 is 4.74 Å². The lowest BCUT2D eigenvalue weighted by Crippen LogP contribution is -2.31. The van der Waals surface area contributed by atoms with Gasteiger partial charge in [-0.15, -0.1) is 0 Å². The summed E-state index contributed by atoms with van der Waals surface area (Å²) >= 11 is 0. The third-order valence-corrected chi connectivity index (χ3v) is 1.18. The maximum absolute atomic E-state index is 11.3. The summed E-state index contributed by atoms with van der Waals surface area (Å²) < 4.78 is 5.04. The van der Waals surface area contributed by atoms with Crippen molar-refractivity contribution in [1.82, 2.24) is 5.32 Å². The van der Waals surface area contributed by atoms with E-state index in [0.717, 1.165) is 5.57 Å². The molecule has 1 amide bonds. The van der Waals surface area contributed by atoms with Gasteiger partial charge >= 0.3 is 6.09 Å². The van der Waals surface area contributed by atoms with E-state index in [2.05, 4.69) is 23.6 Å². The van der Waals surface area contributed by atoms with Crippen molar-refractivity contribution in [3.8, 4) is 0 Å². The SMILES string of the molecule is C=N/C(=C\C(=C)C)NC(=O)OC(C)(C)C. The maximum Gasteiger partial charge on any atom is 0.413 e. The molecular formula is C11H18N2O2. The Morgan fingerprint density at radius 1 is 1.47 bits per heavy atom. The Labute approximate surface area is 90.7 Å². The first-order valence-corrected chi connectivity index (χ1v) is 4.58.